The van der Waals surface area contributed by atoms with Crippen molar-refractivity contribution in [1.82, 2.24) is 28.6 Å². The van der Waals surface area contributed by atoms with Gasteiger partial charge in [-0.05, 0) is 62.9 Å². The van der Waals surface area contributed by atoms with Gasteiger partial charge in [-0.25, -0.2) is 14.4 Å². The molecule has 4 aromatic rings. The maximum absolute atomic E-state index is 12.5. The summed E-state index contributed by atoms with van der Waals surface area (Å²) in [5.74, 6) is 0.118. The lowest BCUT2D eigenvalue weighted by atomic mass is 10.1. The molecular formula is C26H31FN10OS2. The summed E-state index contributed by atoms with van der Waals surface area (Å²) >= 11 is 2.59. The fourth-order valence-corrected chi connectivity index (χ4v) is 5.38. The fourth-order valence-electron chi connectivity index (χ4n) is 4.07. The first-order valence-corrected chi connectivity index (χ1v) is 14.4. The van der Waals surface area contributed by atoms with E-state index in [2.05, 4.69) is 40.9 Å². The van der Waals surface area contributed by atoms with Crippen molar-refractivity contribution >= 4 is 61.9 Å². The molecule has 1 saturated heterocycles. The summed E-state index contributed by atoms with van der Waals surface area (Å²) in [6.07, 6.45) is 10.9. The molecular weight excluding hydrogens is 551 g/mol. The van der Waals surface area contributed by atoms with Crippen LogP contribution in [0.2, 0.25) is 0 Å². The molecule has 4 aromatic heterocycles. The SMILES string of the molecule is CCC(=N)SC(=N)c1cnc2c(Nc3cc(CN4CCCCC4)ns3)nc(C)cn12.O=CNc1ccncc1F. The number of fused-ring (bicyclic) bond motifs is 1. The van der Waals surface area contributed by atoms with Crippen LogP contribution in [0.4, 0.5) is 20.9 Å². The van der Waals surface area contributed by atoms with E-state index < -0.39 is 5.82 Å². The molecule has 0 aliphatic carbocycles. The highest BCUT2D eigenvalue weighted by Gasteiger charge is 2.17. The fraction of sp³-hybridized carbons (Fsp3) is 0.346. The van der Waals surface area contributed by atoms with E-state index in [1.54, 1.807) is 6.20 Å². The van der Waals surface area contributed by atoms with Gasteiger partial charge in [0, 0.05) is 18.9 Å². The number of thioether (sulfide) groups is 1. The summed E-state index contributed by atoms with van der Waals surface area (Å²) in [5, 5.41) is 23.5. The molecule has 5 rings (SSSR count). The van der Waals surface area contributed by atoms with Gasteiger partial charge < -0.3 is 10.6 Å². The third kappa shape index (κ3) is 7.67. The van der Waals surface area contributed by atoms with E-state index >= 15 is 0 Å². The minimum absolute atomic E-state index is 0.144. The van der Waals surface area contributed by atoms with Crippen LogP contribution in [0.1, 0.15) is 49.7 Å². The number of pyridine rings is 1. The Labute approximate surface area is 239 Å². The van der Waals surface area contributed by atoms with Crippen molar-refractivity contribution in [2.24, 2.45) is 0 Å². The van der Waals surface area contributed by atoms with E-state index in [9.17, 15) is 9.18 Å². The molecule has 0 spiro atoms. The summed E-state index contributed by atoms with van der Waals surface area (Å²) in [6.45, 7) is 7.03. The molecule has 11 nitrogen and oxygen atoms in total. The second kappa shape index (κ2) is 14.1. The van der Waals surface area contributed by atoms with Crippen LogP contribution in [0.25, 0.3) is 5.65 Å². The Morgan fingerprint density at radius 1 is 1.25 bits per heavy atom. The molecule has 0 unspecified atom stereocenters. The van der Waals surface area contributed by atoms with Gasteiger partial charge in [-0.1, -0.05) is 25.1 Å². The Balaban J connectivity index is 0.000000312. The zero-order valence-corrected chi connectivity index (χ0v) is 23.9. The minimum Gasteiger partial charge on any atom is -0.328 e. The minimum atomic E-state index is -0.533. The summed E-state index contributed by atoms with van der Waals surface area (Å²) in [6, 6.07) is 3.47. The van der Waals surface area contributed by atoms with Crippen molar-refractivity contribution < 1.29 is 9.18 Å². The molecule has 0 bridgehead atoms. The number of imidazole rings is 1. The van der Waals surface area contributed by atoms with Gasteiger partial charge in [0.2, 0.25) is 6.41 Å². The van der Waals surface area contributed by atoms with E-state index in [4.69, 9.17) is 10.8 Å². The number of likely N-dealkylation sites (tertiary alicyclic amines) is 1. The molecule has 0 radical (unpaired) electrons. The number of piperidine rings is 1. The number of rotatable bonds is 8. The molecule has 14 heteroatoms. The highest BCUT2D eigenvalue weighted by molar-refractivity contribution is 8.26. The topological polar surface area (TPSA) is 148 Å². The molecule has 1 fully saturated rings. The van der Waals surface area contributed by atoms with Crippen LogP contribution in [0.3, 0.4) is 0 Å². The lowest BCUT2D eigenvalue weighted by molar-refractivity contribution is -0.105. The zero-order valence-electron chi connectivity index (χ0n) is 22.3. The van der Waals surface area contributed by atoms with Crippen LogP contribution in [0.5, 0.6) is 0 Å². The number of aromatic nitrogens is 5. The molecule has 1 aliphatic rings. The number of anilines is 3. The Morgan fingerprint density at radius 3 is 2.77 bits per heavy atom. The second-order valence-electron chi connectivity index (χ2n) is 9.04. The normalized spacial score (nSPS) is 13.4. The standard InChI is InChI=1S/C20H26N8S2.C6H5FN2O/c1-3-16(21)29-18(22)15-10-23-20-19(24-13(2)11-28(15)20)25-17-9-14(26-30-17)12-27-7-5-4-6-8-27;7-5-3-8-2-1-6(5)9-4-10/h9-11,21-22H,3-8,12H2,1-2H3,(H,24,25);1-4H,(H,8,9,10). The Hall–Kier alpha value is -3.75. The van der Waals surface area contributed by atoms with Crippen molar-refractivity contribution in [2.45, 2.75) is 46.1 Å². The maximum atomic E-state index is 12.5. The predicted molar refractivity (Wildman–Crippen MR) is 159 cm³/mol. The van der Waals surface area contributed by atoms with E-state index in [0.29, 0.717) is 40.1 Å². The van der Waals surface area contributed by atoms with Crippen molar-refractivity contribution in [3.8, 4) is 0 Å². The molecule has 1 amide bonds. The van der Waals surface area contributed by atoms with E-state index in [0.717, 1.165) is 54.0 Å². The highest BCUT2D eigenvalue weighted by atomic mass is 32.2. The Morgan fingerprint density at radius 2 is 2.05 bits per heavy atom. The summed E-state index contributed by atoms with van der Waals surface area (Å²) in [5.41, 5.74) is 3.37. The molecule has 0 aromatic carbocycles. The molecule has 210 valence electrons. The number of hydrogen-bond acceptors (Lipinski definition) is 11. The van der Waals surface area contributed by atoms with Gasteiger partial charge in [-0.3, -0.25) is 29.9 Å². The molecule has 4 N–H and O–H groups in total. The van der Waals surface area contributed by atoms with Gasteiger partial charge in [0.25, 0.3) is 0 Å². The number of halogens is 1. The van der Waals surface area contributed by atoms with Crippen LogP contribution >= 0.6 is 23.3 Å². The number of nitrogens with zero attached hydrogens (tertiary/aromatic N) is 6. The molecule has 5 heterocycles. The van der Waals surface area contributed by atoms with E-state index in [1.807, 2.05) is 24.4 Å². The first-order valence-electron chi connectivity index (χ1n) is 12.8. The van der Waals surface area contributed by atoms with E-state index in [1.165, 1.54) is 43.1 Å². The average Bonchev–Trinajstić information content (AvgIpc) is 3.58. The smallest absolute Gasteiger partial charge is 0.211 e. The number of carbonyl (C=O) groups is 1. The molecule has 40 heavy (non-hydrogen) atoms. The highest BCUT2D eigenvalue weighted by Crippen LogP contribution is 2.26. The lowest BCUT2D eigenvalue weighted by Gasteiger charge is -2.25. The molecule has 1 aliphatic heterocycles. The quantitative estimate of drug-likeness (QED) is 0.122. The van der Waals surface area contributed by atoms with Gasteiger partial charge in [0.1, 0.15) is 10.0 Å². The van der Waals surface area contributed by atoms with Crippen molar-refractivity contribution in [3.05, 3.63) is 59.8 Å². The molecule has 0 atom stereocenters. The second-order valence-corrected chi connectivity index (χ2v) is 10.9. The third-order valence-electron chi connectivity index (χ3n) is 6.01. The lowest BCUT2D eigenvalue weighted by Crippen LogP contribution is -2.29. The van der Waals surface area contributed by atoms with Crippen molar-refractivity contribution in [2.75, 3.05) is 23.7 Å². The summed E-state index contributed by atoms with van der Waals surface area (Å²) in [4.78, 5) is 24.9. The van der Waals surface area contributed by atoms with Gasteiger partial charge >= 0.3 is 0 Å². The number of aryl methyl sites for hydroxylation is 1. The summed E-state index contributed by atoms with van der Waals surface area (Å²) < 4.78 is 19.0. The van der Waals surface area contributed by atoms with Crippen LogP contribution < -0.4 is 10.6 Å². The first kappa shape index (κ1) is 29.2. The van der Waals surface area contributed by atoms with Gasteiger partial charge in [-0.15, -0.1) is 0 Å². The Bertz CT molecular complexity index is 1480. The number of hydrogen-bond donors (Lipinski definition) is 4. The zero-order chi connectivity index (χ0) is 28.5. The van der Waals surface area contributed by atoms with Gasteiger partial charge in [-0.2, -0.15) is 4.37 Å². The molecule has 0 saturated carbocycles. The number of carbonyl (C=O) groups excluding carboxylic acids is 1. The van der Waals surface area contributed by atoms with Crippen LogP contribution in [-0.2, 0) is 11.3 Å². The largest absolute Gasteiger partial charge is 0.328 e. The maximum Gasteiger partial charge on any atom is 0.211 e. The summed E-state index contributed by atoms with van der Waals surface area (Å²) in [7, 11) is 0. The Kier molecular flexibility index (Phi) is 10.3. The van der Waals surface area contributed by atoms with Gasteiger partial charge in [0.15, 0.2) is 17.3 Å². The average molecular weight is 583 g/mol. The van der Waals surface area contributed by atoms with Crippen molar-refractivity contribution in [3.63, 3.8) is 0 Å². The van der Waals surface area contributed by atoms with Crippen LogP contribution in [-0.4, -0.2) is 58.2 Å². The number of amides is 1. The van der Waals surface area contributed by atoms with Gasteiger partial charge in [0.05, 0.1) is 40.2 Å². The van der Waals surface area contributed by atoms with Crippen molar-refractivity contribution in [1.29, 1.82) is 10.8 Å². The van der Waals surface area contributed by atoms with Crippen LogP contribution in [0, 0.1) is 23.6 Å². The number of nitrogens with one attached hydrogen (secondary N) is 4. The monoisotopic (exact) mass is 582 g/mol. The van der Waals surface area contributed by atoms with E-state index in [-0.39, 0.29) is 5.69 Å². The predicted octanol–water partition coefficient (Wildman–Crippen LogP) is 5.46. The van der Waals surface area contributed by atoms with Crippen LogP contribution in [0.15, 0.2) is 36.9 Å². The third-order valence-corrected chi connectivity index (χ3v) is 7.70. The first-order chi connectivity index (χ1) is 19.4.